The first kappa shape index (κ1) is 13.6. The Morgan fingerprint density at radius 2 is 1.95 bits per heavy atom. The molecule has 0 N–H and O–H groups in total. The Kier molecular flexibility index (Phi) is 3.87. The van der Waals surface area contributed by atoms with Crippen molar-refractivity contribution in [3.8, 4) is 17.0 Å². The molecular formula is C12H8Cl2N2O3. The van der Waals surface area contributed by atoms with Gasteiger partial charge < -0.3 is 4.74 Å². The zero-order valence-corrected chi connectivity index (χ0v) is 11.3. The summed E-state index contributed by atoms with van der Waals surface area (Å²) in [5.41, 5.74) is 0.725. The van der Waals surface area contributed by atoms with Crippen molar-refractivity contribution in [2.45, 2.75) is 0 Å². The monoisotopic (exact) mass is 298 g/mol. The quantitative estimate of drug-likeness (QED) is 0.635. The summed E-state index contributed by atoms with van der Waals surface area (Å²) in [5.74, 6) is -0.0584. The van der Waals surface area contributed by atoms with Crippen molar-refractivity contribution in [1.29, 1.82) is 0 Å². The molecule has 0 saturated carbocycles. The van der Waals surface area contributed by atoms with E-state index in [2.05, 4.69) is 4.98 Å². The summed E-state index contributed by atoms with van der Waals surface area (Å²) in [5, 5.41) is 11.7. The number of methoxy groups -OCH3 is 1. The smallest absolute Gasteiger partial charge is 0.331 e. The molecule has 7 heteroatoms. The Bertz CT molecular complexity index is 627. The molecule has 0 aliphatic carbocycles. The third-order valence-corrected chi connectivity index (χ3v) is 3.10. The van der Waals surface area contributed by atoms with Crippen LogP contribution < -0.4 is 4.74 Å². The summed E-state index contributed by atoms with van der Waals surface area (Å²) in [6, 6.07) is 6.33. The van der Waals surface area contributed by atoms with Crippen LogP contribution in [-0.2, 0) is 0 Å². The number of benzene rings is 1. The van der Waals surface area contributed by atoms with Crippen LogP contribution in [-0.4, -0.2) is 17.0 Å². The van der Waals surface area contributed by atoms with Crippen LogP contribution in [0.5, 0.6) is 5.88 Å². The highest BCUT2D eigenvalue weighted by atomic mass is 35.5. The van der Waals surface area contributed by atoms with Gasteiger partial charge in [0, 0.05) is 33.4 Å². The maximum atomic E-state index is 11.0. The van der Waals surface area contributed by atoms with Crippen molar-refractivity contribution >= 4 is 28.9 Å². The highest BCUT2D eigenvalue weighted by Gasteiger charge is 2.19. The minimum absolute atomic E-state index is 0.0584. The molecule has 0 bridgehead atoms. The van der Waals surface area contributed by atoms with Crippen molar-refractivity contribution in [3.63, 3.8) is 0 Å². The van der Waals surface area contributed by atoms with Crippen LogP contribution in [0.4, 0.5) is 5.69 Å². The number of hydrogen-bond acceptors (Lipinski definition) is 4. The fourth-order valence-electron chi connectivity index (χ4n) is 1.64. The molecule has 1 aromatic carbocycles. The van der Waals surface area contributed by atoms with Gasteiger partial charge in [0.05, 0.1) is 12.0 Å². The second-order valence-electron chi connectivity index (χ2n) is 3.61. The standard InChI is InChI=1S/C12H8Cl2N2O3/c1-19-12-10(16(17)18)5-7(6-15-12)11-8(13)3-2-4-9(11)14/h2-6H,1H3. The highest BCUT2D eigenvalue weighted by Crippen LogP contribution is 2.37. The van der Waals surface area contributed by atoms with Crippen molar-refractivity contribution in [1.82, 2.24) is 4.98 Å². The van der Waals surface area contributed by atoms with Crippen LogP contribution >= 0.6 is 23.2 Å². The van der Waals surface area contributed by atoms with E-state index in [0.717, 1.165) is 0 Å². The SMILES string of the molecule is COc1ncc(-c2c(Cl)cccc2Cl)cc1[N+](=O)[O-]. The molecule has 5 nitrogen and oxygen atoms in total. The van der Waals surface area contributed by atoms with Gasteiger partial charge in [-0.2, -0.15) is 0 Å². The van der Waals surface area contributed by atoms with Gasteiger partial charge in [0.1, 0.15) is 0 Å². The summed E-state index contributed by atoms with van der Waals surface area (Å²) in [6.45, 7) is 0. The molecule has 2 rings (SSSR count). The first-order valence-electron chi connectivity index (χ1n) is 5.17. The summed E-state index contributed by atoms with van der Waals surface area (Å²) in [6.07, 6.45) is 1.43. The molecule has 0 spiro atoms. The number of nitrogens with zero attached hydrogens (tertiary/aromatic N) is 2. The van der Waals surface area contributed by atoms with Gasteiger partial charge in [0.2, 0.25) is 0 Å². The lowest BCUT2D eigenvalue weighted by Crippen LogP contribution is -1.97. The number of halogens is 2. The Balaban J connectivity index is 2.64. The van der Waals surface area contributed by atoms with Crippen molar-refractivity contribution < 1.29 is 9.66 Å². The normalized spacial score (nSPS) is 10.3. The van der Waals surface area contributed by atoms with Crippen molar-refractivity contribution in [2.24, 2.45) is 0 Å². The third kappa shape index (κ3) is 2.62. The second-order valence-corrected chi connectivity index (χ2v) is 4.42. The second kappa shape index (κ2) is 5.42. The first-order chi connectivity index (χ1) is 9.04. The Morgan fingerprint density at radius 3 is 2.47 bits per heavy atom. The lowest BCUT2D eigenvalue weighted by molar-refractivity contribution is -0.386. The summed E-state index contributed by atoms with van der Waals surface area (Å²) in [4.78, 5) is 14.3. The molecule has 19 heavy (non-hydrogen) atoms. The molecule has 1 aromatic heterocycles. The van der Waals surface area contributed by atoms with E-state index in [1.165, 1.54) is 19.4 Å². The molecular weight excluding hydrogens is 291 g/mol. The van der Waals surface area contributed by atoms with Crippen LogP contribution in [0, 0.1) is 10.1 Å². The van der Waals surface area contributed by atoms with Crippen LogP contribution in [0.1, 0.15) is 0 Å². The van der Waals surface area contributed by atoms with Gasteiger partial charge in [-0.15, -0.1) is 0 Å². The minimum atomic E-state index is -0.569. The zero-order valence-electron chi connectivity index (χ0n) is 9.76. The molecule has 0 radical (unpaired) electrons. The van der Waals surface area contributed by atoms with Crippen molar-refractivity contribution in [2.75, 3.05) is 7.11 Å². The fraction of sp³-hybridized carbons (Fsp3) is 0.0833. The van der Waals surface area contributed by atoms with Gasteiger partial charge in [-0.25, -0.2) is 4.98 Å². The van der Waals surface area contributed by atoms with Crippen LogP contribution in [0.15, 0.2) is 30.5 Å². The number of pyridine rings is 1. The number of hydrogen-bond donors (Lipinski definition) is 0. The molecule has 0 aliphatic rings. The van der Waals surface area contributed by atoms with E-state index in [9.17, 15) is 10.1 Å². The molecule has 0 atom stereocenters. The van der Waals surface area contributed by atoms with Gasteiger partial charge in [0.25, 0.3) is 5.88 Å². The minimum Gasteiger partial charge on any atom is -0.476 e. The average Bonchev–Trinajstić information content (AvgIpc) is 2.38. The van der Waals surface area contributed by atoms with E-state index < -0.39 is 4.92 Å². The number of nitro groups is 1. The molecule has 0 saturated heterocycles. The zero-order chi connectivity index (χ0) is 14.0. The molecule has 0 unspecified atom stereocenters. The molecule has 0 fully saturated rings. The van der Waals surface area contributed by atoms with Gasteiger partial charge in [0.15, 0.2) is 0 Å². The van der Waals surface area contributed by atoms with Gasteiger partial charge in [-0.05, 0) is 12.1 Å². The Labute approximate surface area is 118 Å². The fourth-order valence-corrected chi connectivity index (χ4v) is 2.25. The Morgan fingerprint density at radius 1 is 1.32 bits per heavy atom. The Hall–Kier alpha value is -1.85. The number of rotatable bonds is 3. The van der Waals surface area contributed by atoms with E-state index >= 15 is 0 Å². The van der Waals surface area contributed by atoms with E-state index in [-0.39, 0.29) is 11.6 Å². The molecule has 1 heterocycles. The topological polar surface area (TPSA) is 65.3 Å². The summed E-state index contributed by atoms with van der Waals surface area (Å²) < 4.78 is 4.84. The van der Waals surface area contributed by atoms with Crippen molar-refractivity contribution in [3.05, 3.63) is 50.6 Å². The largest absolute Gasteiger partial charge is 0.476 e. The predicted octanol–water partition coefficient (Wildman–Crippen LogP) is 3.97. The third-order valence-electron chi connectivity index (χ3n) is 2.47. The van der Waals surface area contributed by atoms with Crippen LogP contribution in [0.25, 0.3) is 11.1 Å². The molecule has 2 aromatic rings. The first-order valence-corrected chi connectivity index (χ1v) is 5.93. The van der Waals surface area contributed by atoms with E-state index in [1.54, 1.807) is 18.2 Å². The van der Waals surface area contributed by atoms with Gasteiger partial charge in [-0.1, -0.05) is 29.3 Å². The maximum Gasteiger partial charge on any atom is 0.331 e. The summed E-state index contributed by atoms with van der Waals surface area (Å²) in [7, 11) is 1.32. The van der Waals surface area contributed by atoms with Crippen LogP contribution in [0.2, 0.25) is 10.0 Å². The van der Waals surface area contributed by atoms with Gasteiger partial charge >= 0.3 is 5.69 Å². The molecule has 0 aliphatic heterocycles. The van der Waals surface area contributed by atoms with E-state index in [4.69, 9.17) is 27.9 Å². The van der Waals surface area contributed by atoms with Gasteiger partial charge in [-0.3, -0.25) is 10.1 Å². The maximum absolute atomic E-state index is 11.0. The molecule has 98 valence electrons. The number of ether oxygens (including phenoxy) is 1. The predicted molar refractivity (Wildman–Crippen MR) is 72.9 cm³/mol. The molecule has 0 amide bonds. The number of aromatic nitrogens is 1. The van der Waals surface area contributed by atoms with E-state index in [0.29, 0.717) is 21.2 Å². The lowest BCUT2D eigenvalue weighted by atomic mass is 10.1. The summed E-state index contributed by atoms with van der Waals surface area (Å²) >= 11 is 12.1. The lowest BCUT2D eigenvalue weighted by Gasteiger charge is -2.07. The average molecular weight is 299 g/mol. The highest BCUT2D eigenvalue weighted by molar-refractivity contribution is 6.39. The van der Waals surface area contributed by atoms with Crippen LogP contribution in [0.3, 0.4) is 0 Å². The van der Waals surface area contributed by atoms with E-state index in [1.807, 2.05) is 0 Å².